The Bertz CT molecular complexity index is 690. The van der Waals surface area contributed by atoms with E-state index in [4.69, 9.17) is 0 Å². The van der Waals surface area contributed by atoms with E-state index in [2.05, 4.69) is 10.3 Å². The van der Waals surface area contributed by atoms with Gasteiger partial charge in [0.25, 0.3) is 0 Å². The van der Waals surface area contributed by atoms with E-state index >= 15 is 0 Å². The largest absolute Gasteiger partial charge is 0.480 e. The van der Waals surface area contributed by atoms with Gasteiger partial charge in [-0.1, -0.05) is 25.1 Å². The summed E-state index contributed by atoms with van der Waals surface area (Å²) in [6.45, 7) is 5.26. The van der Waals surface area contributed by atoms with Crippen molar-refractivity contribution in [3.63, 3.8) is 0 Å². The second kappa shape index (κ2) is 5.60. The topological polar surface area (TPSA) is 82.2 Å². The van der Waals surface area contributed by atoms with Gasteiger partial charge in [0.05, 0.1) is 6.42 Å². The number of amides is 1. The summed E-state index contributed by atoms with van der Waals surface area (Å²) in [5.74, 6) is -1.31. The van der Waals surface area contributed by atoms with Gasteiger partial charge in [0.2, 0.25) is 5.91 Å². The van der Waals surface area contributed by atoms with Crippen molar-refractivity contribution in [2.45, 2.75) is 39.2 Å². The lowest BCUT2D eigenvalue weighted by atomic mass is 9.98. The Hall–Kier alpha value is -2.30. The summed E-state index contributed by atoms with van der Waals surface area (Å²) in [5, 5.41) is 12.8. The third-order valence-electron chi connectivity index (χ3n) is 3.95. The van der Waals surface area contributed by atoms with Gasteiger partial charge in [-0.2, -0.15) is 0 Å². The molecule has 1 atom stereocenters. The van der Waals surface area contributed by atoms with Crippen molar-refractivity contribution in [1.82, 2.24) is 10.3 Å². The quantitative estimate of drug-likeness (QED) is 0.790. The molecule has 112 valence electrons. The maximum atomic E-state index is 12.1. The molecule has 1 heterocycles. The molecule has 2 aromatic rings. The number of aromatic amines is 1. The number of hydrogen-bond acceptors (Lipinski definition) is 2. The molecule has 1 amide bonds. The van der Waals surface area contributed by atoms with Crippen LogP contribution in [0, 0.1) is 6.92 Å². The lowest BCUT2D eigenvalue weighted by Crippen LogP contribution is -2.52. The normalized spacial score (nSPS) is 13.9. The maximum absolute atomic E-state index is 12.1. The van der Waals surface area contributed by atoms with Crippen molar-refractivity contribution in [2.24, 2.45) is 0 Å². The highest BCUT2D eigenvalue weighted by atomic mass is 16.4. The first-order valence-electron chi connectivity index (χ1n) is 6.97. The fourth-order valence-corrected chi connectivity index (χ4v) is 2.33. The van der Waals surface area contributed by atoms with Gasteiger partial charge in [-0.25, -0.2) is 4.79 Å². The Labute approximate surface area is 123 Å². The molecular weight excluding hydrogens is 268 g/mol. The number of H-pyrrole nitrogens is 1. The minimum absolute atomic E-state index is 0.159. The Balaban J connectivity index is 2.19. The average Bonchev–Trinajstić information content (AvgIpc) is 2.83. The van der Waals surface area contributed by atoms with Crippen molar-refractivity contribution < 1.29 is 14.7 Å². The molecule has 0 saturated heterocycles. The molecule has 1 aromatic heterocycles. The zero-order chi connectivity index (χ0) is 15.6. The van der Waals surface area contributed by atoms with E-state index in [1.54, 1.807) is 13.1 Å². The molecule has 2 rings (SSSR count). The molecule has 1 aromatic carbocycles. The lowest BCUT2D eigenvalue weighted by molar-refractivity contribution is -0.146. The van der Waals surface area contributed by atoms with E-state index in [1.165, 1.54) is 6.92 Å². The van der Waals surface area contributed by atoms with Crippen molar-refractivity contribution >= 4 is 22.8 Å². The van der Waals surface area contributed by atoms with E-state index in [-0.39, 0.29) is 12.3 Å². The highest BCUT2D eigenvalue weighted by molar-refractivity contribution is 5.92. The molecule has 0 saturated carbocycles. The monoisotopic (exact) mass is 288 g/mol. The van der Waals surface area contributed by atoms with Gasteiger partial charge in [0, 0.05) is 17.1 Å². The van der Waals surface area contributed by atoms with Crippen molar-refractivity contribution in [1.29, 1.82) is 0 Å². The summed E-state index contributed by atoms with van der Waals surface area (Å²) < 4.78 is 0. The van der Waals surface area contributed by atoms with Crippen LogP contribution >= 0.6 is 0 Å². The molecule has 0 aliphatic heterocycles. The van der Waals surface area contributed by atoms with Gasteiger partial charge in [-0.3, -0.25) is 4.79 Å². The second-order valence-corrected chi connectivity index (χ2v) is 5.53. The third kappa shape index (κ3) is 2.91. The Morgan fingerprint density at radius 1 is 1.38 bits per heavy atom. The van der Waals surface area contributed by atoms with Gasteiger partial charge in [-0.15, -0.1) is 0 Å². The van der Waals surface area contributed by atoms with Crippen LogP contribution in [0.5, 0.6) is 0 Å². The number of carbonyl (C=O) groups is 2. The van der Waals surface area contributed by atoms with Crippen LogP contribution in [-0.2, 0) is 16.0 Å². The zero-order valence-corrected chi connectivity index (χ0v) is 12.5. The minimum Gasteiger partial charge on any atom is -0.480 e. The first-order valence-corrected chi connectivity index (χ1v) is 6.97. The molecule has 0 aliphatic carbocycles. The Kier molecular flexibility index (Phi) is 4.02. The molecule has 3 N–H and O–H groups in total. The maximum Gasteiger partial charge on any atom is 0.329 e. The van der Waals surface area contributed by atoms with Crippen LogP contribution in [0.4, 0.5) is 0 Å². The van der Waals surface area contributed by atoms with Crippen molar-refractivity contribution in [3.8, 4) is 0 Å². The molecule has 21 heavy (non-hydrogen) atoms. The van der Waals surface area contributed by atoms with Gasteiger partial charge < -0.3 is 15.4 Å². The summed E-state index contributed by atoms with van der Waals surface area (Å²) >= 11 is 0. The van der Waals surface area contributed by atoms with Gasteiger partial charge >= 0.3 is 5.97 Å². The number of fused-ring (bicyclic) bond motifs is 1. The van der Waals surface area contributed by atoms with E-state index < -0.39 is 11.5 Å². The van der Waals surface area contributed by atoms with Crippen LogP contribution in [0.1, 0.15) is 31.4 Å². The summed E-state index contributed by atoms with van der Waals surface area (Å²) in [6, 6.07) is 5.90. The number of aromatic nitrogens is 1. The highest BCUT2D eigenvalue weighted by Gasteiger charge is 2.32. The predicted octanol–water partition coefficient (Wildman–Crippen LogP) is 2.39. The van der Waals surface area contributed by atoms with Crippen molar-refractivity contribution in [3.05, 3.63) is 35.5 Å². The molecule has 5 heteroatoms. The minimum atomic E-state index is -1.22. The summed E-state index contributed by atoms with van der Waals surface area (Å²) in [4.78, 5) is 26.5. The van der Waals surface area contributed by atoms with E-state index in [9.17, 15) is 14.7 Å². The SMILES string of the molecule is CCC(C)(NC(=O)Cc1c[nH]c2c(C)cccc12)C(=O)O. The number of carboxylic acids is 1. The number of hydrogen-bond donors (Lipinski definition) is 3. The molecule has 1 unspecified atom stereocenters. The van der Waals surface area contributed by atoms with Gasteiger partial charge in [-0.05, 0) is 31.4 Å². The standard InChI is InChI=1S/C16H20N2O3/c1-4-16(3,15(20)21)18-13(19)8-11-9-17-14-10(2)6-5-7-12(11)14/h5-7,9,17H,4,8H2,1-3H3,(H,18,19)(H,20,21). The number of benzene rings is 1. The fourth-order valence-electron chi connectivity index (χ4n) is 2.33. The molecule has 0 radical (unpaired) electrons. The number of para-hydroxylation sites is 1. The number of carboxylic acid groups (broad SMARTS) is 1. The molecule has 0 fully saturated rings. The number of aliphatic carboxylic acids is 1. The van der Waals surface area contributed by atoms with Gasteiger partial charge in [0.1, 0.15) is 5.54 Å². The smallest absolute Gasteiger partial charge is 0.329 e. The molecule has 0 spiro atoms. The molecule has 0 bridgehead atoms. The average molecular weight is 288 g/mol. The Morgan fingerprint density at radius 3 is 2.71 bits per heavy atom. The van der Waals surface area contributed by atoms with Gasteiger partial charge in [0.15, 0.2) is 0 Å². The lowest BCUT2D eigenvalue weighted by Gasteiger charge is -2.24. The van der Waals surface area contributed by atoms with Crippen LogP contribution < -0.4 is 5.32 Å². The van der Waals surface area contributed by atoms with Crippen LogP contribution in [0.25, 0.3) is 10.9 Å². The zero-order valence-electron chi connectivity index (χ0n) is 12.5. The molecule has 0 aliphatic rings. The van der Waals surface area contributed by atoms with E-state index in [0.717, 1.165) is 22.0 Å². The molecular formula is C16H20N2O3. The third-order valence-corrected chi connectivity index (χ3v) is 3.95. The molecule has 5 nitrogen and oxygen atoms in total. The van der Waals surface area contributed by atoms with Crippen LogP contribution in [0.2, 0.25) is 0 Å². The number of aryl methyl sites for hydroxylation is 1. The first kappa shape index (κ1) is 15.1. The second-order valence-electron chi connectivity index (χ2n) is 5.53. The summed E-state index contributed by atoms with van der Waals surface area (Å²) in [6.07, 6.45) is 2.30. The first-order chi connectivity index (χ1) is 9.87. The number of carbonyl (C=O) groups excluding carboxylic acids is 1. The Morgan fingerprint density at radius 2 is 2.10 bits per heavy atom. The van der Waals surface area contributed by atoms with E-state index in [0.29, 0.717) is 6.42 Å². The highest BCUT2D eigenvalue weighted by Crippen LogP contribution is 2.22. The predicted molar refractivity (Wildman–Crippen MR) is 81.2 cm³/mol. The summed E-state index contributed by atoms with van der Waals surface area (Å²) in [5.41, 5.74) is 1.77. The van der Waals surface area contributed by atoms with Crippen LogP contribution in [-0.4, -0.2) is 27.5 Å². The van der Waals surface area contributed by atoms with Crippen LogP contribution in [0.3, 0.4) is 0 Å². The summed E-state index contributed by atoms with van der Waals surface area (Å²) in [7, 11) is 0. The fraction of sp³-hybridized carbons (Fsp3) is 0.375. The number of nitrogens with one attached hydrogen (secondary N) is 2. The van der Waals surface area contributed by atoms with Crippen LogP contribution in [0.15, 0.2) is 24.4 Å². The van der Waals surface area contributed by atoms with E-state index in [1.807, 2.05) is 25.1 Å². The number of rotatable bonds is 5. The van der Waals surface area contributed by atoms with Crippen molar-refractivity contribution in [2.75, 3.05) is 0 Å².